The molecule has 1 atom stereocenters. The minimum absolute atomic E-state index is 0.00683. The minimum atomic E-state index is -1.74. The molecule has 2 rings (SSSR count). The summed E-state index contributed by atoms with van der Waals surface area (Å²) >= 11 is 0. The molecule has 0 saturated heterocycles. The molecule has 1 unspecified atom stereocenters. The summed E-state index contributed by atoms with van der Waals surface area (Å²) in [6.07, 6.45) is 2.24. The Morgan fingerprint density at radius 2 is 1.50 bits per heavy atom. The van der Waals surface area contributed by atoms with Crippen molar-refractivity contribution in [3.05, 3.63) is 71.3 Å². The average Bonchev–Trinajstić information content (AvgIpc) is 2.70. The highest BCUT2D eigenvalue weighted by molar-refractivity contribution is 6.73. The summed E-state index contributed by atoms with van der Waals surface area (Å²) in [5, 5.41) is 0. The highest BCUT2D eigenvalue weighted by Gasteiger charge is 2.33. The van der Waals surface area contributed by atoms with Gasteiger partial charge in [-0.3, -0.25) is 0 Å². The van der Waals surface area contributed by atoms with Gasteiger partial charge < -0.3 is 9.16 Å². The van der Waals surface area contributed by atoms with E-state index in [0.29, 0.717) is 0 Å². The molecule has 3 heteroatoms. The highest BCUT2D eigenvalue weighted by atomic mass is 28.4. The molecule has 0 N–H and O–H groups in total. The predicted octanol–water partition coefficient (Wildman–Crippen LogP) is 6.86. The Morgan fingerprint density at radius 3 is 2.00 bits per heavy atom. The SMILES string of the molecule is CC[Si](CC)(CC)OC(/C(C)=C/c1ccccc1)c1ccc(OC)cc1. The van der Waals surface area contributed by atoms with Gasteiger partial charge in [0.2, 0.25) is 0 Å². The number of hydrogen-bond donors (Lipinski definition) is 0. The van der Waals surface area contributed by atoms with Crippen LogP contribution in [0.5, 0.6) is 5.75 Å². The summed E-state index contributed by atoms with van der Waals surface area (Å²) < 4.78 is 12.2. The van der Waals surface area contributed by atoms with Crippen molar-refractivity contribution in [1.29, 1.82) is 0 Å². The van der Waals surface area contributed by atoms with Crippen molar-refractivity contribution in [2.24, 2.45) is 0 Å². The zero-order chi connectivity index (χ0) is 19.0. The summed E-state index contributed by atoms with van der Waals surface area (Å²) in [5.41, 5.74) is 3.65. The van der Waals surface area contributed by atoms with E-state index < -0.39 is 8.32 Å². The molecule has 0 heterocycles. The fourth-order valence-electron chi connectivity index (χ4n) is 3.34. The first-order valence-electron chi connectivity index (χ1n) is 9.62. The van der Waals surface area contributed by atoms with Gasteiger partial charge in [0.1, 0.15) is 5.75 Å². The van der Waals surface area contributed by atoms with Crippen molar-refractivity contribution in [1.82, 2.24) is 0 Å². The second kappa shape index (κ2) is 9.74. The Hall–Kier alpha value is -1.84. The van der Waals surface area contributed by atoms with E-state index in [9.17, 15) is 0 Å². The molecule has 2 aromatic carbocycles. The largest absolute Gasteiger partial charge is 0.497 e. The maximum Gasteiger partial charge on any atom is 0.193 e. The van der Waals surface area contributed by atoms with E-state index in [0.717, 1.165) is 23.9 Å². The number of ether oxygens (including phenoxy) is 1. The van der Waals surface area contributed by atoms with Gasteiger partial charge in [-0.25, -0.2) is 0 Å². The van der Waals surface area contributed by atoms with Crippen molar-refractivity contribution >= 4 is 14.4 Å². The third kappa shape index (κ3) is 5.09. The Balaban J connectivity index is 2.41. The Labute approximate surface area is 160 Å². The molecule has 0 amide bonds. The zero-order valence-electron chi connectivity index (χ0n) is 16.8. The van der Waals surface area contributed by atoms with Crippen LogP contribution < -0.4 is 4.74 Å². The van der Waals surface area contributed by atoms with Crippen molar-refractivity contribution < 1.29 is 9.16 Å². The third-order valence-corrected chi connectivity index (χ3v) is 9.93. The highest BCUT2D eigenvalue weighted by Crippen LogP contribution is 2.35. The second-order valence-corrected chi connectivity index (χ2v) is 11.5. The smallest absolute Gasteiger partial charge is 0.193 e. The second-order valence-electron chi connectivity index (χ2n) is 6.81. The van der Waals surface area contributed by atoms with Crippen molar-refractivity contribution in [2.75, 3.05) is 7.11 Å². The van der Waals surface area contributed by atoms with Crippen LogP contribution in [0.2, 0.25) is 18.1 Å². The lowest BCUT2D eigenvalue weighted by molar-refractivity contribution is 0.226. The first kappa shape index (κ1) is 20.5. The van der Waals surface area contributed by atoms with E-state index in [2.05, 4.69) is 70.2 Å². The number of rotatable bonds is 9. The van der Waals surface area contributed by atoms with Crippen LogP contribution in [0.1, 0.15) is 44.9 Å². The summed E-state index contributed by atoms with van der Waals surface area (Å²) in [6, 6.07) is 22.2. The molecular weight excluding hydrogens is 336 g/mol. The van der Waals surface area contributed by atoms with Crippen LogP contribution in [-0.2, 0) is 4.43 Å². The predicted molar refractivity (Wildman–Crippen MR) is 114 cm³/mol. The maximum atomic E-state index is 6.91. The van der Waals surface area contributed by atoms with Crippen molar-refractivity contribution in [2.45, 2.75) is 51.9 Å². The Bertz CT molecular complexity index is 680. The van der Waals surface area contributed by atoms with Gasteiger partial charge in [-0.1, -0.05) is 69.3 Å². The van der Waals surface area contributed by atoms with E-state index >= 15 is 0 Å². The van der Waals surface area contributed by atoms with Gasteiger partial charge in [0, 0.05) is 0 Å². The van der Waals surface area contributed by atoms with Gasteiger partial charge >= 0.3 is 0 Å². The van der Waals surface area contributed by atoms with Gasteiger partial charge in [-0.15, -0.1) is 0 Å². The van der Waals surface area contributed by atoms with Gasteiger partial charge in [-0.05, 0) is 53.9 Å². The van der Waals surface area contributed by atoms with Crippen LogP contribution in [0.3, 0.4) is 0 Å². The molecule has 0 spiro atoms. The molecule has 2 nitrogen and oxygen atoms in total. The van der Waals surface area contributed by atoms with E-state index in [1.165, 1.54) is 16.7 Å². The van der Waals surface area contributed by atoms with E-state index in [1.807, 2.05) is 18.2 Å². The van der Waals surface area contributed by atoms with E-state index in [1.54, 1.807) is 7.11 Å². The number of benzene rings is 2. The summed E-state index contributed by atoms with van der Waals surface area (Å²) in [4.78, 5) is 0. The Morgan fingerprint density at radius 1 is 0.923 bits per heavy atom. The van der Waals surface area contributed by atoms with Crippen LogP contribution >= 0.6 is 0 Å². The fourth-order valence-corrected chi connectivity index (χ4v) is 6.16. The normalized spacial score (nSPS) is 13.5. The first-order valence-corrected chi connectivity index (χ1v) is 12.2. The molecule has 0 fully saturated rings. The van der Waals surface area contributed by atoms with Crippen LogP contribution in [0.4, 0.5) is 0 Å². The lowest BCUT2D eigenvalue weighted by Gasteiger charge is -2.34. The molecular formula is C23H32O2Si. The van der Waals surface area contributed by atoms with Gasteiger partial charge in [-0.2, -0.15) is 0 Å². The molecule has 0 bridgehead atoms. The minimum Gasteiger partial charge on any atom is -0.497 e. The molecule has 0 aliphatic heterocycles. The van der Waals surface area contributed by atoms with Gasteiger partial charge in [0.25, 0.3) is 0 Å². The molecule has 140 valence electrons. The maximum absolute atomic E-state index is 6.91. The van der Waals surface area contributed by atoms with Crippen LogP contribution in [0.15, 0.2) is 60.2 Å². The van der Waals surface area contributed by atoms with Gasteiger partial charge in [0.05, 0.1) is 13.2 Å². The zero-order valence-corrected chi connectivity index (χ0v) is 17.8. The lowest BCUT2D eigenvalue weighted by Crippen LogP contribution is -2.37. The van der Waals surface area contributed by atoms with Crippen molar-refractivity contribution in [3.8, 4) is 5.75 Å². The van der Waals surface area contributed by atoms with Crippen LogP contribution in [0, 0.1) is 0 Å². The monoisotopic (exact) mass is 368 g/mol. The van der Waals surface area contributed by atoms with Crippen molar-refractivity contribution in [3.63, 3.8) is 0 Å². The molecule has 0 saturated carbocycles. The fraction of sp³-hybridized carbons (Fsp3) is 0.391. The standard InChI is InChI=1S/C23H32O2Si/c1-6-26(7-2,8-3)25-23(21-14-16-22(24-5)17-15-21)19(4)18-20-12-10-9-11-13-20/h9-18,23H,6-8H2,1-5H3/b19-18+. The summed E-state index contributed by atoms with van der Waals surface area (Å²) in [6.45, 7) is 9.02. The quantitative estimate of drug-likeness (QED) is 0.450. The van der Waals surface area contributed by atoms with E-state index in [-0.39, 0.29) is 6.10 Å². The molecule has 26 heavy (non-hydrogen) atoms. The Kier molecular flexibility index (Phi) is 7.67. The molecule has 0 radical (unpaired) electrons. The molecule has 2 aromatic rings. The lowest BCUT2D eigenvalue weighted by atomic mass is 10.0. The third-order valence-electron chi connectivity index (χ3n) is 5.33. The van der Waals surface area contributed by atoms with Crippen LogP contribution in [-0.4, -0.2) is 15.4 Å². The number of hydrogen-bond acceptors (Lipinski definition) is 2. The first-order chi connectivity index (χ1) is 12.6. The summed E-state index contributed by atoms with van der Waals surface area (Å²) in [7, 11) is -0.0361. The van der Waals surface area contributed by atoms with Crippen LogP contribution in [0.25, 0.3) is 6.08 Å². The van der Waals surface area contributed by atoms with Gasteiger partial charge in [0.15, 0.2) is 8.32 Å². The summed E-state index contributed by atoms with van der Waals surface area (Å²) in [5.74, 6) is 0.877. The topological polar surface area (TPSA) is 18.5 Å². The molecule has 0 aliphatic carbocycles. The average molecular weight is 369 g/mol. The molecule has 0 aliphatic rings. The van der Waals surface area contributed by atoms with E-state index in [4.69, 9.17) is 9.16 Å². The number of methoxy groups -OCH3 is 1. The molecule has 0 aromatic heterocycles.